The van der Waals surface area contributed by atoms with Crippen molar-refractivity contribution in [3.63, 3.8) is 0 Å². The number of aliphatic carboxylic acids is 1. The Balaban J connectivity index is 2.80. The van der Waals surface area contributed by atoms with Gasteiger partial charge in [-0.25, -0.2) is 9.18 Å². The molecule has 0 aliphatic carbocycles. The zero-order valence-electron chi connectivity index (χ0n) is 9.85. The topological polar surface area (TPSA) is 75.6 Å². The monoisotopic (exact) mass is 255 g/mol. The molecule has 0 bridgehead atoms. The number of benzene rings is 1. The molecule has 0 unspecified atom stereocenters. The van der Waals surface area contributed by atoms with E-state index in [-0.39, 0.29) is 13.0 Å². The molecule has 5 nitrogen and oxygen atoms in total. The van der Waals surface area contributed by atoms with Gasteiger partial charge >= 0.3 is 12.1 Å². The SMILES string of the molecule is CCOC(=O)N[C@H](CC(=O)O)c1ccc(F)cc1. The van der Waals surface area contributed by atoms with Gasteiger partial charge in [0.25, 0.3) is 0 Å². The van der Waals surface area contributed by atoms with Crippen LogP contribution in [0.3, 0.4) is 0 Å². The van der Waals surface area contributed by atoms with Crippen molar-refractivity contribution in [2.75, 3.05) is 6.61 Å². The van der Waals surface area contributed by atoms with Crippen molar-refractivity contribution in [3.05, 3.63) is 35.6 Å². The molecule has 1 aromatic carbocycles. The Morgan fingerprint density at radius 2 is 2.00 bits per heavy atom. The molecule has 98 valence electrons. The summed E-state index contributed by atoms with van der Waals surface area (Å²) in [5.74, 6) is -1.50. The highest BCUT2D eigenvalue weighted by molar-refractivity contribution is 5.71. The molecule has 1 atom stereocenters. The summed E-state index contributed by atoms with van der Waals surface area (Å²) >= 11 is 0. The van der Waals surface area contributed by atoms with E-state index in [1.54, 1.807) is 6.92 Å². The third kappa shape index (κ3) is 4.40. The van der Waals surface area contributed by atoms with Gasteiger partial charge in [0.1, 0.15) is 5.82 Å². The largest absolute Gasteiger partial charge is 0.481 e. The van der Waals surface area contributed by atoms with Gasteiger partial charge in [0.05, 0.1) is 19.1 Å². The molecule has 0 saturated heterocycles. The summed E-state index contributed by atoms with van der Waals surface area (Å²) in [7, 11) is 0. The van der Waals surface area contributed by atoms with E-state index in [0.29, 0.717) is 5.56 Å². The molecular weight excluding hydrogens is 241 g/mol. The van der Waals surface area contributed by atoms with Crippen molar-refractivity contribution in [1.29, 1.82) is 0 Å². The number of hydrogen-bond donors (Lipinski definition) is 2. The molecule has 1 aromatic rings. The summed E-state index contributed by atoms with van der Waals surface area (Å²) in [6.45, 7) is 1.83. The number of halogens is 1. The first-order valence-corrected chi connectivity index (χ1v) is 5.43. The van der Waals surface area contributed by atoms with Crippen LogP contribution in [0.25, 0.3) is 0 Å². The molecule has 6 heteroatoms. The molecule has 2 N–H and O–H groups in total. The minimum absolute atomic E-state index is 0.190. The first-order chi connectivity index (χ1) is 8.52. The van der Waals surface area contributed by atoms with Crippen LogP contribution in [-0.4, -0.2) is 23.8 Å². The zero-order chi connectivity index (χ0) is 13.5. The van der Waals surface area contributed by atoms with E-state index < -0.39 is 23.9 Å². The minimum Gasteiger partial charge on any atom is -0.481 e. The van der Waals surface area contributed by atoms with E-state index in [9.17, 15) is 14.0 Å². The lowest BCUT2D eigenvalue weighted by Gasteiger charge is -2.16. The van der Waals surface area contributed by atoms with Gasteiger partial charge in [-0.05, 0) is 24.6 Å². The second-order valence-electron chi connectivity index (χ2n) is 3.57. The third-order valence-corrected chi connectivity index (χ3v) is 2.22. The summed E-state index contributed by atoms with van der Waals surface area (Å²) in [6, 6.07) is 4.51. The maximum absolute atomic E-state index is 12.8. The van der Waals surface area contributed by atoms with E-state index in [4.69, 9.17) is 5.11 Å². The average Bonchev–Trinajstić information content (AvgIpc) is 2.28. The van der Waals surface area contributed by atoms with Crippen LogP contribution in [0, 0.1) is 5.82 Å². The highest BCUT2D eigenvalue weighted by Gasteiger charge is 2.18. The van der Waals surface area contributed by atoms with Crippen LogP contribution in [0.1, 0.15) is 24.9 Å². The number of carboxylic acids is 1. The van der Waals surface area contributed by atoms with Crippen molar-refractivity contribution in [3.8, 4) is 0 Å². The Hall–Kier alpha value is -2.11. The van der Waals surface area contributed by atoms with Crippen molar-refractivity contribution in [2.45, 2.75) is 19.4 Å². The number of carbonyl (C=O) groups excluding carboxylic acids is 1. The smallest absolute Gasteiger partial charge is 0.407 e. The number of ether oxygens (including phenoxy) is 1. The lowest BCUT2D eigenvalue weighted by Crippen LogP contribution is -2.30. The molecule has 0 spiro atoms. The zero-order valence-corrected chi connectivity index (χ0v) is 9.85. The molecule has 0 heterocycles. The maximum atomic E-state index is 12.8. The van der Waals surface area contributed by atoms with Gasteiger partial charge < -0.3 is 15.2 Å². The summed E-state index contributed by atoms with van der Waals surface area (Å²) in [6.07, 6.45) is -1.00. The average molecular weight is 255 g/mol. The highest BCUT2D eigenvalue weighted by Crippen LogP contribution is 2.17. The molecule has 0 fully saturated rings. The van der Waals surface area contributed by atoms with Crippen molar-refractivity contribution in [2.24, 2.45) is 0 Å². The number of carboxylic acid groups (broad SMARTS) is 1. The van der Waals surface area contributed by atoms with Gasteiger partial charge in [0.15, 0.2) is 0 Å². The number of carbonyl (C=O) groups is 2. The van der Waals surface area contributed by atoms with Crippen molar-refractivity contribution < 1.29 is 23.8 Å². The predicted octanol–water partition coefficient (Wildman–Crippen LogP) is 2.09. The van der Waals surface area contributed by atoms with Crippen LogP contribution in [-0.2, 0) is 9.53 Å². The lowest BCUT2D eigenvalue weighted by atomic mass is 10.0. The van der Waals surface area contributed by atoms with Crippen LogP contribution in [0.15, 0.2) is 24.3 Å². The molecule has 1 rings (SSSR count). The number of nitrogens with one attached hydrogen (secondary N) is 1. The second-order valence-corrected chi connectivity index (χ2v) is 3.57. The van der Waals surface area contributed by atoms with Crippen LogP contribution in [0.4, 0.5) is 9.18 Å². The summed E-state index contributed by atoms with van der Waals surface area (Å²) in [5.41, 5.74) is 0.506. The third-order valence-electron chi connectivity index (χ3n) is 2.22. The van der Waals surface area contributed by atoms with Gasteiger partial charge in [0, 0.05) is 0 Å². The van der Waals surface area contributed by atoms with Crippen LogP contribution in [0.5, 0.6) is 0 Å². The quantitative estimate of drug-likeness (QED) is 0.844. The normalized spacial score (nSPS) is 11.7. The van der Waals surface area contributed by atoms with E-state index in [2.05, 4.69) is 10.1 Å². The highest BCUT2D eigenvalue weighted by atomic mass is 19.1. The first-order valence-electron chi connectivity index (χ1n) is 5.43. The summed E-state index contributed by atoms with van der Waals surface area (Å²) in [5, 5.41) is 11.2. The summed E-state index contributed by atoms with van der Waals surface area (Å²) in [4.78, 5) is 22.0. The van der Waals surface area contributed by atoms with Crippen LogP contribution < -0.4 is 5.32 Å². The molecule has 18 heavy (non-hydrogen) atoms. The first kappa shape index (κ1) is 14.0. The maximum Gasteiger partial charge on any atom is 0.407 e. The van der Waals surface area contributed by atoms with Crippen LogP contribution >= 0.6 is 0 Å². The Bertz CT molecular complexity index is 419. The summed E-state index contributed by atoms with van der Waals surface area (Å²) < 4.78 is 17.4. The van der Waals surface area contributed by atoms with E-state index in [1.165, 1.54) is 24.3 Å². The number of alkyl carbamates (subject to hydrolysis) is 1. The fourth-order valence-corrected chi connectivity index (χ4v) is 1.44. The van der Waals surface area contributed by atoms with Gasteiger partial charge in [-0.15, -0.1) is 0 Å². The van der Waals surface area contributed by atoms with Crippen molar-refractivity contribution in [1.82, 2.24) is 5.32 Å². The van der Waals surface area contributed by atoms with Gasteiger partial charge in [-0.2, -0.15) is 0 Å². The predicted molar refractivity (Wildman–Crippen MR) is 61.6 cm³/mol. The van der Waals surface area contributed by atoms with Gasteiger partial charge in [-0.1, -0.05) is 12.1 Å². The number of rotatable bonds is 5. The number of amides is 1. The minimum atomic E-state index is -1.07. The Morgan fingerprint density at radius 1 is 1.39 bits per heavy atom. The molecule has 0 aliphatic rings. The molecular formula is C12H14FNO4. The van der Waals surface area contributed by atoms with Crippen LogP contribution in [0.2, 0.25) is 0 Å². The van der Waals surface area contributed by atoms with Gasteiger partial charge in [0.2, 0.25) is 0 Å². The van der Waals surface area contributed by atoms with Crippen molar-refractivity contribution >= 4 is 12.1 Å². The Kier molecular flexibility index (Phi) is 5.10. The Morgan fingerprint density at radius 3 is 2.50 bits per heavy atom. The molecule has 0 radical (unpaired) electrons. The molecule has 1 amide bonds. The van der Waals surface area contributed by atoms with E-state index in [1.807, 2.05) is 0 Å². The molecule has 0 aliphatic heterocycles. The fraction of sp³-hybridized carbons (Fsp3) is 0.333. The second kappa shape index (κ2) is 6.58. The Labute approximate surface area is 104 Å². The van der Waals surface area contributed by atoms with E-state index in [0.717, 1.165) is 0 Å². The number of hydrogen-bond acceptors (Lipinski definition) is 3. The lowest BCUT2D eigenvalue weighted by molar-refractivity contribution is -0.137. The molecule has 0 aromatic heterocycles. The van der Waals surface area contributed by atoms with Gasteiger partial charge in [-0.3, -0.25) is 4.79 Å². The standard InChI is InChI=1S/C12H14FNO4/c1-2-18-12(17)14-10(7-11(15)16)8-3-5-9(13)6-4-8/h3-6,10H,2,7H2,1H3,(H,14,17)(H,15,16)/t10-/m1/s1. The molecule has 0 saturated carbocycles. The van der Waals surface area contributed by atoms with E-state index >= 15 is 0 Å². The fourth-order valence-electron chi connectivity index (χ4n) is 1.44.